The summed E-state index contributed by atoms with van der Waals surface area (Å²) in [6, 6.07) is 5.95. The molecule has 1 fully saturated rings. The van der Waals surface area contributed by atoms with E-state index in [1.54, 1.807) is 0 Å². The summed E-state index contributed by atoms with van der Waals surface area (Å²) in [6.45, 7) is 8.57. The maximum absolute atomic E-state index is 12.3. The number of para-hydroxylation sites is 1. The molecule has 0 aromatic heterocycles. The van der Waals surface area contributed by atoms with E-state index >= 15 is 0 Å². The number of amides is 2. The zero-order chi connectivity index (χ0) is 17.7. The van der Waals surface area contributed by atoms with Gasteiger partial charge in [0.1, 0.15) is 0 Å². The summed E-state index contributed by atoms with van der Waals surface area (Å²) in [7, 11) is 1.90. The number of hydrogen-bond acceptors (Lipinski definition) is 2. The van der Waals surface area contributed by atoms with Gasteiger partial charge in [-0.25, -0.2) is 0 Å². The first-order valence-electron chi connectivity index (χ1n) is 8.82. The van der Waals surface area contributed by atoms with Crippen LogP contribution in [0.25, 0.3) is 0 Å². The highest BCUT2D eigenvalue weighted by Gasteiger charge is 2.23. The number of likely N-dealkylation sites (tertiary alicyclic amines) is 1. The summed E-state index contributed by atoms with van der Waals surface area (Å²) < 4.78 is 0. The molecule has 1 aliphatic rings. The molecule has 2 N–H and O–H groups in total. The fraction of sp³-hybridized carbons (Fsp3) is 0.579. The predicted molar refractivity (Wildman–Crippen MR) is 96.1 cm³/mol. The van der Waals surface area contributed by atoms with Crippen LogP contribution in [0.1, 0.15) is 30.9 Å². The highest BCUT2D eigenvalue weighted by atomic mass is 16.2. The van der Waals surface area contributed by atoms with Gasteiger partial charge in [0, 0.05) is 18.8 Å². The molecule has 1 heterocycles. The van der Waals surface area contributed by atoms with Gasteiger partial charge in [-0.05, 0) is 43.7 Å². The van der Waals surface area contributed by atoms with E-state index in [-0.39, 0.29) is 11.8 Å². The summed E-state index contributed by atoms with van der Waals surface area (Å²) in [5.41, 5.74) is 2.99. The van der Waals surface area contributed by atoms with Crippen molar-refractivity contribution in [2.24, 2.45) is 5.92 Å². The molecule has 1 aromatic rings. The van der Waals surface area contributed by atoms with Crippen LogP contribution in [0.5, 0.6) is 0 Å². The minimum absolute atomic E-state index is 0.0510. The molecule has 24 heavy (non-hydrogen) atoms. The van der Waals surface area contributed by atoms with E-state index in [1.807, 2.05) is 44.0 Å². The van der Waals surface area contributed by atoms with Crippen LogP contribution < -0.4 is 10.2 Å². The second-order valence-electron chi connectivity index (χ2n) is 7.19. The fourth-order valence-corrected chi connectivity index (χ4v) is 3.16. The molecule has 0 aliphatic carbocycles. The number of nitrogens with one attached hydrogen (secondary N) is 2. The molecule has 5 nitrogen and oxygen atoms in total. The van der Waals surface area contributed by atoms with Gasteiger partial charge in [-0.2, -0.15) is 0 Å². The summed E-state index contributed by atoms with van der Waals surface area (Å²) in [5.74, 6) is 0.812. The number of hydrogen-bond donors (Lipinski definition) is 2. The Kier molecular flexibility index (Phi) is 6.37. The van der Waals surface area contributed by atoms with Gasteiger partial charge < -0.3 is 15.1 Å². The number of rotatable bonds is 5. The van der Waals surface area contributed by atoms with Crippen LogP contribution in [0.15, 0.2) is 18.2 Å². The second-order valence-corrected chi connectivity index (χ2v) is 7.19. The quantitative estimate of drug-likeness (QED) is 0.846. The number of carbonyl (C=O) groups excluding carboxylic acids is 2. The Bertz CT molecular complexity index is 572. The van der Waals surface area contributed by atoms with Crippen molar-refractivity contribution in [3.63, 3.8) is 0 Å². The van der Waals surface area contributed by atoms with E-state index in [0.717, 1.165) is 47.6 Å². The Morgan fingerprint density at radius 3 is 2.33 bits per heavy atom. The van der Waals surface area contributed by atoms with Crippen LogP contribution in [-0.2, 0) is 9.59 Å². The Morgan fingerprint density at radius 2 is 1.75 bits per heavy atom. The Hall–Kier alpha value is -1.88. The van der Waals surface area contributed by atoms with Crippen molar-refractivity contribution in [3.05, 3.63) is 29.3 Å². The van der Waals surface area contributed by atoms with E-state index in [1.165, 1.54) is 0 Å². The Balaban J connectivity index is 1.82. The first-order chi connectivity index (χ1) is 11.4. The molecule has 0 saturated carbocycles. The lowest BCUT2D eigenvalue weighted by Crippen LogP contribution is -3.11. The minimum Gasteiger partial charge on any atom is -0.338 e. The number of likely N-dealkylation sites (N-methyl/N-ethyl adjacent to an activating group) is 1. The van der Waals surface area contributed by atoms with E-state index < -0.39 is 0 Å². The summed E-state index contributed by atoms with van der Waals surface area (Å²) in [4.78, 5) is 27.5. The molecular weight excluding hydrogens is 302 g/mol. The van der Waals surface area contributed by atoms with Gasteiger partial charge in [0.2, 0.25) is 0 Å². The third-order valence-electron chi connectivity index (χ3n) is 4.80. The van der Waals surface area contributed by atoms with Gasteiger partial charge in [0.05, 0.1) is 7.05 Å². The SMILES string of the molecule is Cc1cccc(C)c1NC(=O)C[NH+](C)CC(=O)N1CCC(C)CC1. The van der Waals surface area contributed by atoms with Gasteiger partial charge in [0.25, 0.3) is 11.8 Å². The largest absolute Gasteiger partial charge is 0.338 e. The summed E-state index contributed by atoms with van der Waals surface area (Å²) in [5, 5.41) is 2.98. The van der Waals surface area contributed by atoms with Crippen LogP contribution >= 0.6 is 0 Å². The number of aryl methyl sites for hydroxylation is 2. The molecule has 0 radical (unpaired) electrons. The van der Waals surface area contributed by atoms with Crippen LogP contribution in [0.4, 0.5) is 5.69 Å². The van der Waals surface area contributed by atoms with Crippen molar-refractivity contribution in [1.82, 2.24) is 4.90 Å². The van der Waals surface area contributed by atoms with Crippen molar-refractivity contribution >= 4 is 17.5 Å². The highest BCUT2D eigenvalue weighted by Crippen LogP contribution is 2.19. The van der Waals surface area contributed by atoms with Crippen molar-refractivity contribution < 1.29 is 14.5 Å². The number of carbonyl (C=O) groups is 2. The average Bonchev–Trinajstić information content (AvgIpc) is 2.51. The van der Waals surface area contributed by atoms with Crippen molar-refractivity contribution in [2.45, 2.75) is 33.6 Å². The number of piperidine rings is 1. The zero-order valence-corrected chi connectivity index (χ0v) is 15.3. The van der Waals surface area contributed by atoms with E-state index in [4.69, 9.17) is 0 Å². The molecular formula is C19H30N3O2+. The number of quaternary nitrogens is 1. The van der Waals surface area contributed by atoms with Crippen LogP contribution in [-0.4, -0.2) is 49.9 Å². The lowest BCUT2D eigenvalue weighted by molar-refractivity contribution is -0.862. The number of benzene rings is 1. The van der Waals surface area contributed by atoms with Gasteiger partial charge in [-0.3, -0.25) is 9.59 Å². The summed E-state index contributed by atoms with van der Waals surface area (Å²) >= 11 is 0. The molecule has 132 valence electrons. The average molecular weight is 332 g/mol. The van der Waals surface area contributed by atoms with Crippen LogP contribution in [0.3, 0.4) is 0 Å². The molecule has 5 heteroatoms. The monoisotopic (exact) mass is 332 g/mol. The third kappa shape index (κ3) is 5.06. The van der Waals surface area contributed by atoms with Crippen molar-refractivity contribution in [1.29, 1.82) is 0 Å². The topological polar surface area (TPSA) is 53.9 Å². The lowest BCUT2D eigenvalue weighted by Gasteiger charge is -2.30. The molecule has 1 atom stereocenters. The number of anilines is 1. The smallest absolute Gasteiger partial charge is 0.279 e. The van der Waals surface area contributed by atoms with Crippen molar-refractivity contribution in [3.8, 4) is 0 Å². The second kappa shape index (κ2) is 8.29. The minimum atomic E-state index is -0.0510. The Morgan fingerprint density at radius 1 is 1.17 bits per heavy atom. The highest BCUT2D eigenvalue weighted by molar-refractivity contribution is 5.93. The van der Waals surface area contributed by atoms with Gasteiger partial charge in [0.15, 0.2) is 13.1 Å². The van der Waals surface area contributed by atoms with E-state index in [0.29, 0.717) is 19.0 Å². The molecule has 1 aliphatic heterocycles. The maximum atomic E-state index is 12.3. The van der Waals surface area contributed by atoms with Crippen molar-refractivity contribution in [2.75, 3.05) is 38.5 Å². The van der Waals surface area contributed by atoms with Gasteiger partial charge >= 0.3 is 0 Å². The van der Waals surface area contributed by atoms with E-state index in [2.05, 4.69) is 12.2 Å². The zero-order valence-electron chi connectivity index (χ0n) is 15.3. The molecule has 1 aromatic carbocycles. The summed E-state index contributed by atoms with van der Waals surface area (Å²) in [6.07, 6.45) is 2.16. The standard InChI is InChI=1S/C19H29N3O2/c1-14-8-10-22(11-9-14)18(24)13-21(4)12-17(23)20-19-15(2)6-5-7-16(19)3/h5-7,14H,8-13H2,1-4H3,(H,20,23)/p+1. The fourth-order valence-electron chi connectivity index (χ4n) is 3.16. The molecule has 2 rings (SSSR count). The molecule has 0 spiro atoms. The van der Waals surface area contributed by atoms with Crippen LogP contribution in [0.2, 0.25) is 0 Å². The normalized spacial score (nSPS) is 16.8. The third-order valence-corrected chi connectivity index (χ3v) is 4.80. The molecule has 1 unspecified atom stereocenters. The Labute approximate surface area is 145 Å². The first-order valence-corrected chi connectivity index (χ1v) is 8.82. The first kappa shape index (κ1) is 18.5. The van der Waals surface area contributed by atoms with Gasteiger partial charge in [-0.15, -0.1) is 0 Å². The van der Waals surface area contributed by atoms with Crippen LogP contribution in [0, 0.1) is 19.8 Å². The van der Waals surface area contributed by atoms with E-state index in [9.17, 15) is 9.59 Å². The lowest BCUT2D eigenvalue weighted by atomic mass is 9.99. The molecule has 1 saturated heterocycles. The molecule has 2 amide bonds. The predicted octanol–water partition coefficient (Wildman–Crippen LogP) is 1.02. The number of nitrogens with zero attached hydrogens (tertiary/aromatic N) is 1. The molecule has 0 bridgehead atoms. The van der Waals surface area contributed by atoms with Gasteiger partial charge in [-0.1, -0.05) is 25.1 Å². The maximum Gasteiger partial charge on any atom is 0.279 e.